The van der Waals surface area contributed by atoms with Crippen LogP contribution in [-0.4, -0.2) is 65.0 Å². The number of rotatable bonds is 5. The van der Waals surface area contributed by atoms with Gasteiger partial charge in [-0.25, -0.2) is 13.6 Å². The van der Waals surface area contributed by atoms with Gasteiger partial charge in [0.2, 0.25) is 0 Å². The number of esters is 1. The van der Waals surface area contributed by atoms with Gasteiger partial charge >= 0.3 is 17.6 Å². The minimum absolute atomic E-state index is 0.110. The van der Waals surface area contributed by atoms with Crippen molar-refractivity contribution in [2.75, 3.05) is 31.8 Å². The Morgan fingerprint density at radius 1 is 1.05 bits per heavy atom. The van der Waals surface area contributed by atoms with Crippen LogP contribution >= 0.6 is 11.6 Å². The van der Waals surface area contributed by atoms with Crippen LogP contribution < -0.4 is 22.9 Å². The number of carboxylic acid groups (broad SMARTS) is 1. The second kappa shape index (κ2) is 21.8. The maximum absolute atomic E-state index is 13.9. The summed E-state index contributed by atoms with van der Waals surface area (Å²) in [4.78, 5) is 35.0. The molecular formula is C28H38ClF2N5O6. The third-order valence-electron chi connectivity index (χ3n) is 4.99. The lowest BCUT2D eigenvalue weighted by Crippen LogP contribution is -2.31. The van der Waals surface area contributed by atoms with Gasteiger partial charge in [-0.1, -0.05) is 71.8 Å². The Hall–Kier alpha value is -3.91. The summed E-state index contributed by atoms with van der Waals surface area (Å²) in [5.41, 5.74) is 16.5. The minimum atomic E-state index is -1.57. The molecule has 3 unspecified atom stereocenters. The van der Waals surface area contributed by atoms with Crippen LogP contribution in [0.15, 0.2) is 71.7 Å². The number of aliphatic carboxylic acids is 1. The van der Waals surface area contributed by atoms with Gasteiger partial charge in [0.15, 0.2) is 17.9 Å². The molecule has 42 heavy (non-hydrogen) atoms. The molecule has 0 radical (unpaired) electrons. The summed E-state index contributed by atoms with van der Waals surface area (Å²) in [6.45, 7) is 3.38. The first-order chi connectivity index (χ1) is 20.0. The molecule has 7 N–H and O–H groups in total. The lowest BCUT2D eigenvalue weighted by molar-refractivity contribution is -0.146. The highest BCUT2D eigenvalue weighted by atomic mass is 35.5. The number of aromatic nitrogens is 2. The average molecular weight is 614 g/mol. The van der Waals surface area contributed by atoms with Gasteiger partial charge in [0.1, 0.15) is 12.8 Å². The topological polar surface area (TPSA) is 186 Å². The highest BCUT2D eigenvalue weighted by molar-refractivity contribution is 6.15. The maximum Gasteiger partial charge on any atom is 0.351 e. The summed E-state index contributed by atoms with van der Waals surface area (Å²) in [7, 11) is 0. The van der Waals surface area contributed by atoms with Gasteiger partial charge < -0.3 is 31.8 Å². The van der Waals surface area contributed by atoms with E-state index >= 15 is 0 Å². The van der Waals surface area contributed by atoms with Gasteiger partial charge in [-0.2, -0.15) is 4.98 Å². The lowest BCUT2D eigenvalue weighted by atomic mass is 10.2. The van der Waals surface area contributed by atoms with E-state index in [1.54, 1.807) is 0 Å². The fourth-order valence-electron chi connectivity index (χ4n) is 3.01. The van der Waals surface area contributed by atoms with Crippen molar-refractivity contribution in [1.82, 2.24) is 9.55 Å². The zero-order valence-corrected chi connectivity index (χ0v) is 24.4. The number of ether oxygens (including phenoxy) is 2. The molecule has 0 saturated carbocycles. The number of nitrogen functional groups attached to an aromatic ring is 1. The average Bonchev–Trinajstić information content (AvgIpc) is 3.36. The number of aryl methyl sites for hydroxylation is 2. The number of hydrogen-bond acceptors (Lipinski definition) is 9. The number of alkyl halides is 2. The molecule has 0 bridgehead atoms. The Labute approximate surface area is 248 Å². The first-order valence-corrected chi connectivity index (χ1v) is 13.3. The van der Waals surface area contributed by atoms with E-state index in [1.165, 1.54) is 17.5 Å². The number of hydrogen-bond donors (Lipinski definition) is 4. The summed E-state index contributed by atoms with van der Waals surface area (Å²) < 4.78 is 37.9. The number of carbonyl (C=O) groups excluding carboxylic acids is 1. The number of carboxylic acids is 1. The van der Waals surface area contributed by atoms with Gasteiger partial charge in [-0.15, -0.1) is 11.6 Å². The molecule has 1 aliphatic rings. The van der Waals surface area contributed by atoms with Gasteiger partial charge in [0, 0.05) is 12.8 Å². The van der Waals surface area contributed by atoms with E-state index in [0.29, 0.717) is 4.57 Å². The SMILES string of the molecule is CCl.Cc1ccccc1.Cc1ccccc1.NCC(=O)O.NCC(=O)OCC1CC(F)C(n2cc(F)c(N)nc2=O)O1. The third kappa shape index (κ3) is 15.8. The van der Waals surface area contributed by atoms with Crippen LogP contribution in [0.2, 0.25) is 0 Å². The first kappa shape index (κ1) is 38.1. The van der Waals surface area contributed by atoms with E-state index in [4.69, 9.17) is 26.0 Å². The van der Waals surface area contributed by atoms with E-state index in [-0.39, 0.29) is 26.1 Å². The monoisotopic (exact) mass is 613 g/mol. The fraction of sp³-hybridized carbons (Fsp3) is 0.357. The molecule has 2 aromatic carbocycles. The molecule has 0 spiro atoms. The van der Waals surface area contributed by atoms with Crippen molar-refractivity contribution < 1.29 is 33.0 Å². The van der Waals surface area contributed by atoms with Crippen LogP contribution in [0.3, 0.4) is 0 Å². The van der Waals surface area contributed by atoms with Crippen LogP contribution in [0.1, 0.15) is 23.8 Å². The quantitative estimate of drug-likeness (QED) is 0.246. The zero-order chi connectivity index (χ0) is 32.1. The van der Waals surface area contributed by atoms with Crippen LogP contribution in [0.5, 0.6) is 0 Å². The summed E-state index contributed by atoms with van der Waals surface area (Å²) in [6, 6.07) is 20.5. The molecule has 14 heteroatoms. The highest BCUT2D eigenvalue weighted by Crippen LogP contribution is 2.30. The molecule has 1 fully saturated rings. The summed E-state index contributed by atoms with van der Waals surface area (Å²) in [6.07, 6.45) is -1.58. The standard InChI is InChI=1S/C11H14F2N4O4.2C7H8.C2H5NO2.CH3Cl/c12-6-1-5(4-20-8(18)2-14)21-10(6)17-3-7(13)9(15)16-11(17)19;2*1-7-5-3-2-4-6-7;3-1-2(4)5;1-2/h3,5-6,10H,1-2,4,14H2,(H2,15,16,19);2*2-6H,1H3;1,3H2,(H,4,5);1H3. The summed E-state index contributed by atoms with van der Waals surface area (Å²) in [5.74, 6) is -3.15. The van der Waals surface area contributed by atoms with Crippen molar-refractivity contribution in [3.63, 3.8) is 0 Å². The Morgan fingerprint density at radius 2 is 1.52 bits per heavy atom. The Morgan fingerprint density at radius 3 is 1.90 bits per heavy atom. The van der Waals surface area contributed by atoms with Crippen molar-refractivity contribution >= 4 is 29.4 Å². The van der Waals surface area contributed by atoms with Gasteiger partial charge in [-0.3, -0.25) is 14.2 Å². The van der Waals surface area contributed by atoms with Crippen LogP contribution in [0, 0.1) is 19.7 Å². The van der Waals surface area contributed by atoms with E-state index in [9.17, 15) is 23.2 Å². The van der Waals surface area contributed by atoms with Crippen LogP contribution in [0.25, 0.3) is 0 Å². The minimum Gasteiger partial charge on any atom is -0.480 e. The van der Waals surface area contributed by atoms with Gasteiger partial charge in [0.05, 0.1) is 25.4 Å². The molecule has 3 aromatic rings. The number of halogens is 3. The van der Waals surface area contributed by atoms with E-state index in [1.807, 2.05) is 36.4 Å². The Kier molecular flexibility index (Phi) is 19.8. The molecule has 2 heterocycles. The van der Waals surface area contributed by atoms with Crippen molar-refractivity contribution in [2.45, 2.75) is 38.8 Å². The van der Waals surface area contributed by atoms with Crippen molar-refractivity contribution in [3.05, 3.63) is 94.3 Å². The molecule has 232 valence electrons. The van der Waals surface area contributed by atoms with Crippen molar-refractivity contribution in [3.8, 4) is 0 Å². The fourth-order valence-corrected chi connectivity index (χ4v) is 3.01. The van der Waals surface area contributed by atoms with Crippen LogP contribution in [-0.2, 0) is 19.1 Å². The predicted octanol–water partition coefficient (Wildman–Crippen LogP) is 2.97. The molecule has 1 aromatic heterocycles. The molecule has 4 rings (SSSR count). The highest BCUT2D eigenvalue weighted by Gasteiger charge is 2.38. The van der Waals surface area contributed by atoms with Crippen molar-refractivity contribution in [2.24, 2.45) is 11.5 Å². The number of benzene rings is 2. The summed E-state index contributed by atoms with van der Waals surface area (Å²) in [5, 5.41) is 7.60. The Bertz CT molecular complexity index is 1200. The third-order valence-corrected chi connectivity index (χ3v) is 4.99. The number of anilines is 1. The van der Waals surface area contributed by atoms with E-state index < -0.39 is 47.8 Å². The smallest absolute Gasteiger partial charge is 0.351 e. The van der Waals surface area contributed by atoms with Gasteiger partial charge in [-0.05, 0) is 13.8 Å². The van der Waals surface area contributed by atoms with E-state index in [0.717, 1.165) is 6.20 Å². The molecular weight excluding hydrogens is 576 g/mol. The van der Waals surface area contributed by atoms with Gasteiger partial charge in [0.25, 0.3) is 0 Å². The normalized spacial score (nSPS) is 16.4. The predicted molar refractivity (Wildman–Crippen MR) is 157 cm³/mol. The maximum atomic E-state index is 13.9. The number of nitrogens with zero attached hydrogens (tertiary/aromatic N) is 2. The second-order valence-electron chi connectivity index (χ2n) is 8.36. The number of carbonyl (C=O) groups is 2. The second-order valence-corrected chi connectivity index (χ2v) is 8.36. The molecule has 11 nitrogen and oxygen atoms in total. The largest absolute Gasteiger partial charge is 0.480 e. The molecule has 0 aliphatic carbocycles. The van der Waals surface area contributed by atoms with E-state index in [2.05, 4.69) is 60.4 Å². The molecule has 0 amide bonds. The molecule has 1 saturated heterocycles. The lowest BCUT2D eigenvalue weighted by Gasteiger charge is -2.16. The zero-order valence-electron chi connectivity index (χ0n) is 23.7. The Balaban J connectivity index is 0.000000648. The number of nitrogens with two attached hydrogens (primary N) is 3. The first-order valence-electron chi connectivity index (χ1n) is 12.5. The van der Waals surface area contributed by atoms with Crippen molar-refractivity contribution in [1.29, 1.82) is 0 Å². The summed E-state index contributed by atoms with van der Waals surface area (Å²) >= 11 is 4.64. The molecule has 3 atom stereocenters. The van der Waals surface area contributed by atoms with Crippen LogP contribution in [0.4, 0.5) is 14.6 Å². The molecule has 1 aliphatic heterocycles.